The number of thiazole rings is 1. The number of nitrogens with zero attached hydrogens (tertiary/aromatic N) is 1. The van der Waals surface area contributed by atoms with Crippen LogP contribution in [0.4, 0.5) is 0 Å². The number of aromatic carboxylic acids is 1. The van der Waals surface area contributed by atoms with E-state index in [9.17, 15) is 9.90 Å². The Morgan fingerprint density at radius 2 is 2.08 bits per heavy atom. The maximum atomic E-state index is 10.7. The summed E-state index contributed by atoms with van der Waals surface area (Å²) in [5.74, 6) is -0.995. The lowest BCUT2D eigenvalue weighted by atomic mass is 10.1. The van der Waals surface area contributed by atoms with Crippen molar-refractivity contribution in [2.45, 2.75) is 26.4 Å². The van der Waals surface area contributed by atoms with Crippen LogP contribution < -0.4 is 0 Å². The van der Waals surface area contributed by atoms with E-state index in [-0.39, 0.29) is 4.88 Å². The first-order valence-corrected chi connectivity index (χ1v) is 4.57. The summed E-state index contributed by atoms with van der Waals surface area (Å²) in [5, 5.41) is 18.7. The Balaban J connectivity index is 3.17. The normalized spacial score (nSPS) is 11.7. The number of carboxylic acids is 1. The van der Waals surface area contributed by atoms with Crippen molar-refractivity contribution in [3.05, 3.63) is 15.6 Å². The van der Waals surface area contributed by atoms with Crippen molar-refractivity contribution in [1.82, 2.24) is 4.98 Å². The Kier molecular flexibility index (Phi) is 2.40. The van der Waals surface area contributed by atoms with Crippen molar-refractivity contribution in [2.75, 3.05) is 0 Å². The van der Waals surface area contributed by atoms with Gasteiger partial charge in [-0.3, -0.25) is 0 Å². The minimum Gasteiger partial charge on any atom is -0.477 e. The average molecular weight is 201 g/mol. The summed E-state index contributed by atoms with van der Waals surface area (Å²) in [7, 11) is 0. The van der Waals surface area contributed by atoms with Crippen molar-refractivity contribution in [2.24, 2.45) is 0 Å². The molecule has 13 heavy (non-hydrogen) atoms. The number of hydrogen-bond acceptors (Lipinski definition) is 4. The molecule has 0 atom stereocenters. The van der Waals surface area contributed by atoms with Gasteiger partial charge in [-0.25, -0.2) is 9.78 Å². The maximum absolute atomic E-state index is 10.7. The number of carbonyl (C=O) groups is 1. The van der Waals surface area contributed by atoms with Crippen LogP contribution in [-0.2, 0) is 5.60 Å². The summed E-state index contributed by atoms with van der Waals surface area (Å²) < 4.78 is 0. The van der Waals surface area contributed by atoms with Crippen LogP contribution in [0.2, 0.25) is 0 Å². The van der Waals surface area contributed by atoms with Crippen molar-refractivity contribution in [1.29, 1.82) is 0 Å². The molecule has 0 radical (unpaired) electrons. The van der Waals surface area contributed by atoms with Crippen LogP contribution in [0.3, 0.4) is 0 Å². The highest BCUT2D eigenvalue weighted by atomic mass is 32.1. The van der Waals surface area contributed by atoms with E-state index in [4.69, 9.17) is 5.11 Å². The lowest BCUT2D eigenvalue weighted by Gasteiger charge is -2.12. The molecular formula is C8H11NO3S. The van der Waals surface area contributed by atoms with Gasteiger partial charge in [0.15, 0.2) is 0 Å². The SMILES string of the molecule is Cc1nc(C(C)(C)O)sc1C(=O)O. The molecule has 0 saturated carbocycles. The predicted molar refractivity (Wildman–Crippen MR) is 49.1 cm³/mol. The Hall–Kier alpha value is -0.940. The first-order valence-electron chi connectivity index (χ1n) is 3.76. The van der Waals surface area contributed by atoms with Gasteiger partial charge in [0.25, 0.3) is 0 Å². The second kappa shape index (κ2) is 3.08. The van der Waals surface area contributed by atoms with Crippen LogP contribution in [0.25, 0.3) is 0 Å². The van der Waals surface area contributed by atoms with Gasteiger partial charge in [0.2, 0.25) is 0 Å². The van der Waals surface area contributed by atoms with Crippen molar-refractivity contribution >= 4 is 17.3 Å². The molecule has 0 unspecified atom stereocenters. The zero-order chi connectivity index (χ0) is 10.2. The first-order chi connectivity index (χ1) is 5.82. The average Bonchev–Trinajstić information content (AvgIpc) is 2.29. The Bertz CT molecular complexity index is 338. The highest BCUT2D eigenvalue weighted by molar-refractivity contribution is 7.13. The molecule has 0 aliphatic rings. The van der Waals surface area contributed by atoms with Gasteiger partial charge in [-0.1, -0.05) is 0 Å². The molecular weight excluding hydrogens is 190 g/mol. The van der Waals surface area contributed by atoms with Gasteiger partial charge in [-0.15, -0.1) is 11.3 Å². The second-order valence-electron chi connectivity index (χ2n) is 3.30. The van der Waals surface area contributed by atoms with Crippen LogP contribution in [-0.4, -0.2) is 21.2 Å². The number of hydrogen-bond donors (Lipinski definition) is 2. The third-order valence-electron chi connectivity index (χ3n) is 1.51. The molecule has 5 heteroatoms. The minimum absolute atomic E-state index is 0.192. The van der Waals surface area contributed by atoms with Gasteiger partial charge in [0.05, 0.1) is 5.69 Å². The van der Waals surface area contributed by atoms with E-state index < -0.39 is 11.6 Å². The fraction of sp³-hybridized carbons (Fsp3) is 0.500. The molecule has 0 spiro atoms. The van der Waals surface area contributed by atoms with E-state index in [0.29, 0.717) is 10.7 Å². The quantitative estimate of drug-likeness (QED) is 0.758. The smallest absolute Gasteiger partial charge is 0.347 e. The molecule has 0 fully saturated rings. The summed E-state index contributed by atoms with van der Waals surface area (Å²) >= 11 is 1.01. The number of aromatic nitrogens is 1. The van der Waals surface area contributed by atoms with Gasteiger partial charge in [0.1, 0.15) is 15.5 Å². The van der Waals surface area contributed by atoms with Crippen LogP contribution in [0.15, 0.2) is 0 Å². The highest BCUT2D eigenvalue weighted by Crippen LogP contribution is 2.27. The zero-order valence-electron chi connectivity index (χ0n) is 7.66. The van der Waals surface area contributed by atoms with Gasteiger partial charge in [0, 0.05) is 0 Å². The standard InChI is InChI=1S/C8H11NO3S/c1-4-5(6(10)11)13-7(9-4)8(2,3)12/h12H,1-3H3,(H,10,11). The molecule has 0 amide bonds. The molecule has 0 saturated heterocycles. The van der Waals surface area contributed by atoms with Crippen LogP contribution in [0.5, 0.6) is 0 Å². The lowest BCUT2D eigenvalue weighted by molar-refractivity contribution is 0.0700. The van der Waals surface area contributed by atoms with Gasteiger partial charge < -0.3 is 10.2 Å². The van der Waals surface area contributed by atoms with Gasteiger partial charge >= 0.3 is 5.97 Å². The van der Waals surface area contributed by atoms with Crippen molar-refractivity contribution in [3.8, 4) is 0 Å². The third-order valence-corrected chi connectivity index (χ3v) is 2.97. The molecule has 0 aliphatic carbocycles. The van der Waals surface area contributed by atoms with E-state index in [1.54, 1.807) is 20.8 Å². The van der Waals surface area contributed by atoms with Crippen LogP contribution in [0, 0.1) is 6.92 Å². The second-order valence-corrected chi connectivity index (χ2v) is 4.30. The van der Waals surface area contributed by atoms with Crippen LogP contribution >= 0.6 is 11.3 Å². The van der Waals surface area contributed by atoms with E-state index in [1.165, 1.54) is 0 Å². The number of carboxylic acid groups (broad SMARTS) is 1. The lowest BCUT2D eigenvalue weighted by Crippen LogP contribution is -2.14. The highest BCUT2D eigenvalue weighted by Gasteiger charge is 2.24. The molecule has 1 rings (SSSR count). The predicted octanol–water partition coefficient (Wildman–Crippen LogP) is 1.38. The first kappa shape index (κ1) is 10.1. The number of rotatable bonds is 2. The fourth-order valence-corrected chi connectivity index (χ4v) is 1.76. The molecule has 1 aromatic heterocycles. The zero-order valence-corrected chi connectivity index (χ0v) is 8.47. The molecule has 0 bridgehead atoms. The number of aryl methyl sites for hydroxylation is 1. The molecule has 0 aromatic carbocycles. The molecule has 2 N–H and O–H groups in total. The topological polar surface area (TPSA) is 70.4 Å². The van der Waals surface area contributed by atoms with Gasteiger partial charge in [-0.05, 0) is 20.8 Å². The monoisotopic (exact) mass is 201 g/mol. The molecule has 72 valence electrons. The number of aliphatic hydroxyl groups is 1. The molecule has 1 aromatic rings. The Labute approximate surface area is 79.9 Å². The largest absolute Gasteiger partial charge is 0.477 e. The minimum atomic E-state index is -1.07. The molecule has 0 aliphatic heterocycles. The van der Waals surface area contributed by atoms with Gasteiger partial charge in [-0.2, -0.15) is 0 Å². The van der Waals surface area contributed by atoms with E-state index in [1.807, 2.05) is 0 Å². The maximum Gasteiger partial charge on any atom is 0.347 e. The van der Waals surface area contributed by atoms with Crippen LogP contribution in [0.1, 0.15) is 34.2 Å². The summed E-state index contributed by atoms with van der Waals surface area (Å²) in [6.07, 6.45) is 0. The third kappa shape index (κ3) is 2.05. The Morgan fingerprint density at radius 1 is 1.54 bits per heavy atom. The fourth-order valence-electron chi connectivity index (χ4n) is 0.857. The summed E-state index contributed by atoms with van der Waals surface area (Å²) in [4.78, 5) is 14.8. The van der Waals surface area contributed by atoms with E-state index >= 15 is 0 Å². The molecule has 1 heterocycles. The van der Waals surface area contributed by atoms with E-state index in [0.717, 1.165) is 11.3 Å². The summed E-state index contributed by atoms with van der Waals surface area (Å²) in [6.45, 7) is 4.78. The van der Waals surface area contributed by atoms with Crippen molar-refractivity contribution < 1.29 is 15.0 Å². The van der Waals surface area contributed by atoms with E-state index in [2.05, 4.69) is 4.98 Å². The summed E-state index contributed by atoms with van der Waals surface area (Å²) in [6, 6.07) is 0. The molecule has 4 nitrogen and oxygen atoms in total. The van der Waals surface area contributed by atoms with Crippen molar-refractivity contribution in [3.63, 3.8) is 0 Å². The Morgan fingerprint density at radius 3 is 2.31 bits per heavy atom. The summed E-state index contributed by atoms with van der Waals surface area (Å²) in [5.41, 5.74) is -0.613.